The van der Waals surface area contributed by atoms with Crippen LogP contribution in [0, 0.1) is 11.3 Å². The molecule has 0 aliphatic rings. The Bertz CT molecular complexity index is 828. The normalized spacial score (nSPS) is 10.4. The molecule has 7 nitrogen and oxygen atoms in total. The van der Waals surface area contributed by atoms with Crippen LogP contribution in [0.3, 0.4) is 0 Å². The van der Waals surface area contributed by atoms with E-state index in [0.717, 1.165) is 0 Å². The average Bonchev–Trinajstić information content (AvgIpc) is 2.92. The van der Waals surface area contributed by atoms with E-state index in [4.69, 9.17) is 15.7 Å². The van der Waals surface area contributed by atoms with Crippen molar-refractivity contribution in [3.8, 4) is 23.3 Å². The second kappa shape index (κ2) is 7.53. The van der Waals surface area contributed by atoms with Gasteiger partial charge in [0.25, 0.3) is 0 Å². The molecule has 2 rings (SSSR count). The van der Waals surface area contributed by atoms with Crippen molar-refractivity contribution in [3.63, 3.8) is 0 Å². The Kier molecular flexibility index (Phi) is 5.44. The molecule has 1 heterocycles. The Morgan fingerprint density at radius 2 is 2.12 bits per heavy atom. The molecule has 0 fully saturated rings. The smallest absolute Gasteiger partial charge is 0.387 e. The summed E-state index contributed by atoms with van der Waals surface area (Å²) < 4.78 is 40.7. The standard InChI is InChI=1S/C16H15F2N3O4/c1-3-24-12-6-10(4-5-11(12)25-16(17)18)21-8-9(7-19)13(20)14(21)15(22)23-2/h4-6,8,16H,3,20H2,1-2H3. The summed E-state index contributed by atoms with van der Waals surface area (Å²) in [5.74, 6) is -0.840. The van der Waals surface area contributed by atoms with Gasteiger partial charge in [-0.1, -0.05) is 0 Å². The lowest BCUT2D eigenvalue weighted by Crippen LogP contribution is -2.11. The third-order valence-corrected chi connectivity index (χ3v) is 3.26. The minimum atomic E-state index is -3.01. The molecule has 0 bridgehead atoms. The Morgan fingerprint density at radius 1 is 1.40 bits per heavy atom. The molecule has 25 heavy (non-hydrogen) atoms. The predicted octanol–water partition coefficient (Wildman–Crippen LogP) is 2.72. The number of nitrogens with two attached hydrogens (primary N) is 1. The van der Waals surface area contributed by atoms with Crippen molar-refractivity contribution in [1.82, 2.24) is 4.57 Å². The molecule has 0 aliphatic carbocycles. The van der Waals surface area contributed by atoms with Gasteiger partial charge in [0.2, 0.25) is 0 Å². The van der Waals surface area contributed by atoms with Crippen molar-refractivity contribution in [3.05, 3.63) is 35.7 Å². The molecular weight excluding hydrogens is 336 g/mol. The fourth-order valence-electron chi connectivity index (χ4n) is 2.23. The van der Waals surface area contributed by atoms with E-state index in [-0.39, 0.29) is 35.1 Å². The van der Waals surface area contributed by atoms with Crippen molar-refractivity contribution in [2.75, 3.05) is 19.5 Å². The summed E-state index contributed by atoms with van der Waals surface area (Å²) in [4.78, 5) is 12.0. The molecule has 9 heteroatoms. The van der Waals surface area contributed by atoms with Crippen molar-refractivity contribution in [2.45, 2.75) is 13.5 Å². The summed E-state index contributed by atoms with van der Waals surface area (Å²) in [6.07, 6.45) is 1.35. The highest BCUT2D eigenvalue weighted by Gasteiger charge is 2.22. The Hall–Kier alpha value is -3.28. The van der Waals surface area contributed by atoms with E-state index < -0.39 is 12.6 Å². The number of hydrogen-bond acceptors (Lipinski definition) is 6. The zero-order valence-corrected chi connectivity index (χ0v) is 13.5. The molecule has 132 valence electrons. The number of benzene rings is 1. The predicted molar refractivity (Wildman–Crippen MR) is 84.0 cm³/mol. The Morgan fingerprint density at radius 3 is 2.68 bits per heavy atom. The number of ether oxygens (including phenoxy) is 3. The van der Waals surface area contributed by atoms with Crippen LogP contribution in [0.2, 0.25) is 0 Å². The molecule has 0 unspecified atom stereocenters. The van der Waals surface area contributed by atoms with Gasteiger partial charge in [0.05, 0.1) is 25.0 Å². The summed E-state index contributed by atoms with van der Waals surface area (Å²) in [7, 11) is 1.18. The van der Waals surface area contributed by atoms with Gasteiger partial charge in [0.15, 0.2) is 17.2 Å². The van der Waals surface area contributed by atoms with Crippen molar-refractivity contribution >= 4 is 11.7 Å². The lowest BCUT2D eigenvalue weighted by atomic mass is 10.2. The Balaban J connectivity index is 2.60. The molecule has 0 saturated carbocycles. The number of nitriles is 1. The van der Waals surface area contributed by atoms with Gasteiger partial charge in [-0.25, -0.2) is 4.79 Å². The average molecular weight is 351 g/mol. The number of anilines is 1. The van der Waals surface area contributed by atoms with Gasteiger partial charge in [0, 0.05) is 18.0 Å². The maximum atomic E-state index is 12.5. The van der Waals surface area contributed by atoms with E-state index in [1.54, 1.807) is 6.92 Å². The second-order valence-electron chi connectivity index (χ2n) is 4.72. The molecular formula is C16H15F2N3O4. The van der Waals surface area contributed by atoms with Crippen LogP contribution in [0.15, 0.2) is 24.4 Å². The largest absolute Gasteiger partial charge is 0.490 e. The van der Waals surface area contributed by atoms with Crippen molar-refractivity contribution in [1.29, 1.82) is 5.26 Å². The summed E-state index contributed by atoms with van der Waals surface area (Å²) in [5.41, 5.74) is 6.16. The van der Waals surface area contributed by atoms with Gasteiger partial charge in [-0.15, -0.1) is 0 Å². The molecule has 1 aromatic heterocycles. The number of halogens is 2. The van der Waals surface area contributed by atoms with Crippen molar-refractivity contribution < 1.29 is 27.8 Å². The molecule has 1 aromatic carbocycles. The highest BCUT2D eigenvalue weighted by atomic mass is 19.3. The molecule has 0 aliphatic heterocycles. The number of esters is 1. The zero-order valence-electron chi connectivity index (χ0n) is 13.5. The first-order valence-electron chi connectivity index (χ1n) is 7.14. The third-order valence-electron chi connectivity index (χ3n) is 3.26. The van der Waals surface area contributed by atoms with Crippen LogP contribution in [0.5, 0.6) is 11.5 Å². The number of rotatable bonds is 6. The summed E-state index contributed by atoms with van der Waals surface area (Å²) >= 11 is 0. The maximum Gasteiger partial charge on any atom is 0.387 e. The number of aromatic nitrogens is 1. The van der Waals surface area contributed by atoms with Crippen LogP contribution in [0.4, 0.5) is 14.5 Å². The van der Waals surface area contributed by atoms with E-state index in [0.29, 0.717) is 5.69 Å². The van der Waals surface area contributed by atoms with Crippen LogP contribution in [-0.4, -0.2) is 30.9 Å². The highest BCUT2D eigenvalue weighted by molar-refractivity contribution is 5.96. The molecule has 2 aromatic rings. The number of methoxy groups -OCH3 is 1. The quantitative estimate of drug-likeness (QED) is 0.803. The maximum absolute atomic E-state index is 12.5. The van der Waals surface area contributed by atoms with Gasteiger partial charge < -0.3 is 24.5 Å². The lowest BCUT2D eigenvalue weighted by molar-refractivity contribution is -0.0514. The fraction of sp³-hybridized carbons (Fsp3) is 0.250. The van der Waals surface area contributed by atoms with Crippen LogP contribution < -0.4 is 15.2 Å². The van der Waals surface area contributed by atoms with Gasteiger partial charge >= 0.3 is 12.6 Å². The van der Waals surface area contributed by atoms with Gasteiger partial charge in [0.1, 0.15) is 6.07 Å². The van der Waals surface area contributed by atoms with Gasteiger partial charge in [-0.05, 0) is 19.1 Å². The minimum absolute atomic E-state index is 0.0415. The Labute approximate surface area is 142 Å². The third kappa shape index (κ3) is 3.63. The van der Waals surface area contributed by atoms with Crippen LogP contribution >= 0.6 is 0 Å². The summed E-state index contributed by atoms with van der Waals surface area (Å²) in [6.45, 7) is -1.12. The van der Waals surface area contributed by atoms with Gasteiger partial charge in [-0.2, -0.15) is 14.0 Å². The first-order chi connectivity index (χ1) is 11.9. The topological polar surface area (TPSA) is 99.5 Å². The van der Waals surface area contributed by atoms with Crippen molar-refractivity contribution in [2.24, 2.45) is 0 Å². The molecule has 0 spiro atoms. The zero-order chi connectivity index (χ0) is 18.6. The van der Waals surface area contributed by atoms with E-state index in [9.17, 15) is 13.6 Å². The molecule has 0 radical (unpaired) electrons. The number of carbonyl (C=O) groups excluding carboxylic acids is 1. The molecule has 0 saturated heterocycles. The van der Waals surface area contributed by atoms with Crippen LogP contribution in [-0.2, 0) is 4.74 Å². The lowest BCUT2D eigenvalue weighted by Gasteiger charge is -2.14. The molecule has 0 amide bonds. The van der Waals surface area contributed by atoms with E-state index in [2.05, 4.69) is 9.47 Å². The van der Waals surface area contributed by atoms with Crippen LogP contribution in [0.25, 0.3) is 5.69 Å². The highest BCUT2D eigenvalue weighted by Crippen LogP contribution is 2.33. The van der Waals surface area contributed by atoms with Gasteiger partial charge in [-0.3, -0.25) is 0 Å². The number of hydrogen-bond donors (Lipinski definition) is 1. The number of carbonyl (C=O) groups is 1. The first kappa shape index (κ1) is 18.1. The second-order valence-corrected chi connectivity index (χ2v) is 4.72. The number of alkyl halides is 2. The first-order valence-corrected chi connectivity index (χ1v) is 7.14. The minimum Gasteiger partial charge on any atom is -0.490 e. The molecule has 0 atom stereocenters. The van der Waals surface area contributed by atoms with E-state index in [1.807, 2.05) is 6.07 Å². The monoisotopic (exact) mass is 351 g/mol. The SMILES string of the molecule is CCOc1cc(-n2cc(C#N)c(N)c2C(=O)OC)ccc1OC(F)F. The summed E-state index contributed by atoms with van der Waals surface area (Å²) in [5, 5.41) is 9.12. The number of nitrogens with zero attached hydrogens (tertiary/aromatic N) is 2. The van der Waals surface area contributed by atoms with E-state index >= 15 is 0 Å². The molecule has 2 N–H and O–H groups in total. The van der Waals surface area contributed by atoms with E-state index in [1.165, 1.54) is 36.1 Å². The fourth-order valence-corrected chi connectivity index (χ4v) is 2.23. The number of nitrogen functional groups attached to an aromatic ring is 1. The summed E-state index contributed by atoms with van der Waals surface area (Å²) in [6, 6.07) is 5.97. The van der Waals surface area contributed by atoms with Crippen LogP contribution in [0.1, 0.15) is 23.0 Å².